The molecule has 0 spiro atoms. The second-order valence-corrected chi connectivity index (χ2v) is 6.24. The molecule has 4 heteroatoms. The summed E-state index contributed by atoms with van der Waals surface area (Å²) in [5, 5.41) is 1.41. The second-order valence-electron chi connectivity index (χ2n) is 6.24. The number of halogens is 1. The average Bonchev–Trinajstić information content (AvgIpc) is 2.90. The van der Waals surface area contributed by atoms with Crippen molar-refractivity contribution in [2.75, 3.05) is 0 Å². The summed E-state index contributed by atoms with van der Waals surface area (Å²) in [5.41, 5.74) is 10.1. The van der Waals surface area contributed by atoms with E-state index in [9.17, 15) is 9.18 Å². The van der Waals surface area contributed by atoms with Crippen molar-refractivity contribution in [3.63, 3.8) is 0 Å². The molecule has 4 rings (SSSR count). The monoisotopic (exact) mass is 332 g/mol. The van der Waals surface area contributed by atoms with Gasteiger partial charge < -0.3 is 10.3 Å². The van der Waals surface area contributed by atoms with Crippen molar-refractivity contribution in [3.8, 4) is 0 Å². The van der Waals surface area contributed by atoms with Gasteiger partial charge in [0.1, 0.15) is 5.82 Å². The first-order chi connectivity index (χ1) is 12.1. The van der Waals surface area contributed by atoms with E-state index >= 15 is 0 Å². The number of amides is 1. The molecule has 0 fully saturated rings. The highest BCUT2D eigenvalue weighted by Crippen LogP contribution is 2.33. The minimum Gasteiger partial charge on any atom is -0.366 e. The van der Waals surface area contributed by atoms with Crippen LogP contribution in [0.2, 0.25) is 0 Å². The van der Waals surface area contributed by atoms with Gasteiger partial charge in [0.2, 0.25) is 5.91 Å². The van der Waals surface area contributed by atoms with Gasteiger partial charge in [-0.15, -0.1) is 0 Å². The predicted molar refractivity (Wildman–Crippen MR) is 98.2 cm³/mol. The first kappa shape index (κ1) is 15.4. The van der Waals surface area contributed by atoms with Gasteiger partial charge in [-0.25, -0.2) is 4.39 Å². The smallest absolute Gasteiger partial charge is 0.249 e. The van der Waals surface area contributed by atoms with Crippen molar-refractivity contribution in [1.82, 2.24) is 4.57 Å². The van der Waals surface area contributed by atoms with Gasteiger partial charge in [-0.05, 0) is 48.4 Å². The zero-order valence-electron chi connectivity index (χ0n) is 13.8. The quantitative estimate of drug-likeness (QED) is 0.594. The number of nitrogens with zero attached hydrogens (tertiary/aromatic N) is 1. The SMILES string of the molecule is Cc1ccccc1Cn1c2ccc(F)cc2c2c(C(N)=O)cccc21. The molecule has 0 aliphatic rings. The fourth-order valence-electron chi connectivity index (χ4n) is 3.46. The first-order valence-corrected chi connectivity index (χ1v) is 8.11. The largest absolute Gasteiger partial charge is 0.366 e. The number of fused-ring (bicyclic) bond motifs is 3. The zero-order valence-corrected chi connectivity index (χ0v) is 13.8. The lowest BCUT2D eigenvalue weighted by Gasteiger charge is -2.10. The van der Waals surface area contributed by atoms with Crippen molar-refractivity contribution in [3.05, 3.63) is 83.2 Å². The average molecular weight is 332 g/mol. The normalized spacial score (nSPS) is 11.3. The minimum absolute atomic E-state index is 0.332. The lowest BCUT2D eigenvalue weighted by atomic mass is 10.1. The third-order valence-electron chi connectivity index (χ3n) is 4.71. The number of rotatable bonds is 3. The second kappa shape index (κ2) is 5.74. The Morgan fingerprint density at radius 1 is 1.04 bits per heavy atom. The molecule has 3 aromatic carbocycles. The lowest BCUT2D eigenvalue weighted by molar-refractivity contribution is 0.100. The van der Waals surface area contributed by atoms with E-state index in [1.54, 1.807) is 12.1 Å². The number of aryl methyl sites for hydroxylation is 1. The molecular formula is C21H17FN2O. The van der Waals surface area contributed by atoms with Gasteiger partial charge in [-0.1, -0.05) is 30.3 Å². The Hall–Kier alpha value is -3.14. The Bertz CT molecular complexity index is 1130. The summed E-state index contributed by atoms with van der Waals surface area (Å²) >= 11 is 0. The van der Waals surface area contributed by atoms with Gasteiger partial charge in [-0.2, -0.15) is 0 Å². The summed E-state index contributed by atoms with van der Waals surface area (Å²) in [5.74, 6) is -0.841. The molecular weight excluding hydrogens is 315 g/mol. The highest BCUT2D eigenvalue weighted by atomic mass is 19.1. The van der Waals surface area contributed by atoms with Crippen LogP contribution >= 0.6 is 0 Å². The number of carbonyl (C=O) groups excluding carboxylic acids is 1. The van der Waals surface area contributed by atoms with Crippen LogP contribution < -0.4 is 5.73 Å². The van der Waals surface area contributed by atoms with Crippen LogP contribution in [0.4, 0.5) is 4.39 Å². The Morgan fingerprint density at radius 2 is 1.84 bits per heavy atom. The van der Waals surface area contributed by atoms with Gasteiger partial charge >= 0.3 is 0 Å². The van der Waals surface area contributed by atoms with Gasteiger partial charge in [0.05, 0.1) is 5.52 Å². The number of benzene rings is 3. The van der Waals surface area contributed by atoms with Crippen LogP contribution in [0.15, 0.2) is 60.7 Å². The number of primary amides is 1. The summed E-state index contributed by atoms with van der Waals surface area (Å²) in [6.45, 7) is 2.71. The molecule has 4 aromatic rings. The lowest BCUT2D eigenvalue weighted by Crippen LogP contribution is -2.11. The maximum atomic E-state index is 13.9. The van der Waals surface area contributed by atoms with Gasteiger partial charge in [0, 0.05) is 28.4 Å². The van der Waals surface area contributed by atoms with E-state index in [4.69, 9.17) is 5.73 Å². The third-order valence-corrected chi connectivity index (χ3v) is 4.71. The Balaban J connectivity index is 2.08. The van der Waals surface area contributed by atoms with Crippen molar-refractivity contribution >= 4 is 27.7 Å². The molecule has 0 unspecified atom stereocenters. The number of aromatic nitrogens is 1. The van der Waals surface area contributed by atoms with Gasteiger partial charge in [0.15, 0.2) is 0 Å². The van der Waals surface area contributed by atoms with Crippen LogP contribution in [0.1, 0.15) is 21.5 Å². The molecule has 3 nitrogen and oxygen atoms in total. The first-order valence-electron chi connectivity index (χ1n) is 8.11. The molecule has 0 bridgehead atoms. The fraction of sp³-hybridized carbons (Fsp3) is 0.0952. The standard InChI is InChI=1S/C21H17FN2O/c1-13-5-2-3-6-14(13)12-24-18-10-9-15(22)11-17(18)20-16(21(23)25)7-4-8-19(20)24/h2-11H,12H2,1H3,(H2,23,25). The number of hydrogen-bond donors (Lipinski definition) is 1. The molecule has 1 aromatic heterocycles. The maximum absolute atomic E-state index is 13.9. The summed E-state index contributed by atoms with van der Waals surface area (Å²) in [6, 6.07) is 18.3. The van der Waals surface area contributed by atoms with Crippen molar-refractivity contribution in [2.45, 2.75) is 13.5 Å². The maximum Gasteiger partial charge on any atom is 0.249 e. The van der Waals surface area contributed by atoms with E-state index in [0.717, 1.165) is 11.0 Å². The highest BCUT2D eigenvalue weighted by Gasteiger charge is 2.17. The zero-order chi connectivity index (χ0) is 17.6. The Morgan fingerprint density at radius 3 is 2.60 bits per heavy atom. The molecule has 1 heterocycles. The molecule has 0 radical (unpaired) electrons. The number of nitrogens with two attached hydrogens (primary N) is 1. The molecule has 0 saturated carbocycles. The third kappa shape index (κ3) is 2.47. The summed E-state index contributed by atoms with van der Waals surface area (Å²) in [7, 11) is 0. The van der Waals surface area contributed by atoms with Crippen LogP contribution in [0.5, 0.6) is 0 Å². The van der Waals surface area contributed by atoms with E-state index < -0.39 is 5.91 Å². The molecule has 0 saturated heterocycles. The summed E-state index contributed by atoms with van der Waals surface area (Å²) in [4.78, 5) is 11.9. The van der Waals surface area contributed by atoms with Crippen molar-refractivity contribution in [2.24, 2.45) is 5.73 Å². The van der Waals surface area contributed by atoms with Crippen LogP contribution in [0, 0.1) is 12.7 Å². The minimum atomic E-state index is -0.509. The van der Waals surface area contributed by atoms with Crippen molar-refractivity contribution < 1.29 is 9.18 Å². The number of carbonyl (C=O) groups is 1. The summed E-state index contributed by atoms with van der Waals surface area (Å²) < 4.78 is 16.0. The number of hydrogen-bond acceptors (Lipinski definition) is 1. The van der Waals surface area contributed by atoms with Crippen LogP contribution in [0.3, 0.4) is 0 Å². The topological polar surface area (TPSA) is 48.0 Å². The molecule has 0 aliphatic carbocycles. The molecule has 0 aliphatic heterocycles. The molecule has 25 heavy (non-hydrogen) atoms. The van der Waals surface area contributed by atoms with Gasteiger partial charge in [-0.3, -0.25) is 4.79 Å². The van der Waals surface area contributed by atoms with E-state index in [1.807, 2.05) is 24.3 Å². The van der Waals surface area contributed by atoms with E-state index in [2.05, 4.69) is 23.6 Å². The Kier molecular flexibility index (Phi) is 3.53. The van der Waals surface area contributed by atoms with Crippen molar-refractivity contribution in [1.29, 1.82) is 0 Å². The van der Waals surface area contributed by atoms with Crippen LogP contribution in [-0.4, -0.2) is 10.5 Å². The predicted octanol–water partition coefficient (Wildman–Crippen LogP) is 4.39. The van der Waals surface area contributed by atoms with Gasteiger partial charge in [0.25, 0.3) is 0 Å². The summed E-state index contributed by atoms with van der Waals surface area (Å²) in [6.07, 6.45) is 0. The van der Waals surface area contributed by atoms with E-state index in [1.165, 1.54) is 23.3 Å². The Labute approximate surface area is 144 Å². The van der Waals surface area contributed by atoms with Crippen LogP contribution in [0.25, 0.3) is 21.8 Å². The fourth-order valence-corrected chi connectivity index (χ4v) is 3.46. The molecule has 1 amide bonds. The van der Waals surface area contributed by atoms with E-state index in [0.29, 0.717) is 22.9 Å². The molecule has 2 N–H and O–H groups in total. The van der Waals surface area contributed by atoms with E-state index in [-0.39, 0.29) is 5.82 Å². The molecule has 124 valence electrons. The van der Waals surface area contributed by atoms with Crippen LogP contribution in [-0.2, 0) is 6.54 Å². The highest BCUT2D eigenvalue weighted by molar-refractivity contribution is 6.17. The molecule has 0 atom stereocenters.